The molecule has 0 aliphatic rings. The number of halogens is 2. The highest BCUT2D eigenvalue weighted by molar-refractivity contribution is 9.10. The van der Waals surface area contributed by atoms with Crippen molar-refractivity contribution in [3.8, 4) is 16.9 Å². The van der Waals surface area contributed by atoms with Crippen LogP contribution in [0, 0.1) is 12.7 Å². The van der Waals surface area contributed by atoms with Crippen molar-refractivity contribution in [3.63, 3.8) is 0 Å². The average molecular weight is 407 g/mol. The molecule has 2 aromatic carbocycles. The first kappa shape index (κ1) is 17.1. The van der Waals surface area contributed by atoms with Gasteiger partial charge in [-0.1, -0.05) is 35.3 Å². The molecule has 0 N–H and O–H groups in total. The van der Waals surface area contributed by atoms with Gasteiger partial charge in [0.1, 0.15) is 5.82 Å². The molecule has 0 radical (unpaired) electrons. The van der Waals surface area contributed by atoms with E-state index in [1.807, 2.05) is 29.7 Å². The van der Waals surface area contributed by atoms with Crippen molar-refractivity contribution in [2.45, 2.75) is 12.7 Å². The largest absolute Gasteiger partial charge is 0.772 e. The Morgan fingerprint density at radius 1 is 1.12 bits per heavy atom. The van der Waals surface area contributed by atoms with Crippen LogP contribution in [0.4, 0.5) is 4.39 Å². The predicted octanol–water partition coefficient (Wildman–Crippen LogP) is 4.73. The van der Waals surface area contributed by atoms with Crippen molar-refractivity contribution >= 4 is 27.0 Å². The van der Waals surface area contributed by atoms with Gasteiger partial charge in [0.2, 0.25) is 0 Å². The number of aryl methyl sites for hydroxylation is 1. The third-order valence-electron chi connectivity index (χ3n) is 3.73. The second-order valence-corrected chi connectivity index (χ2v) is 7.11. The zero-order valence-corrected chi connectivity index (χ0v) is 15.2. The topological polar surface area (TPSA) is 45.1 Å². The summed E-state index contributed by atoms with van der Waals surface area (Å²) in [5, 5.41) is 0. The zero-order valence-electron chi connectivity index (χ0n) is 12.8. The molecule has 124 valence electrons. The van der Waals surface area contributed by atoms with Gasteiger partial charge in [0.05, 0.1) is 10.3 Å². The van der Waals surface area contributed by atoms with Gasteiger partial charge in [-0.25, -0.2) is 4.39 Å². The van der Waals surface area contributed by atoms with Crippen molar-refractivity contribution < 1.29 is 13.2 Å². The molecule has 0 saturated heterocycles. The van der Waals surface area contributed by atoms with Gasteiger partial charge < -0.3 is 9.12 Å². The van der Waals surface area contributed by atoms with Crippen molar-refractivity contribution in [1.29, 1.82) is 0 Å². The summed E-state index contributed by atoms with van der Waals surface area (Å²) in [4.78, 5) is 0. The van der Waals surface area contributed by atoms with Crippen LogP contribution in [0.25, 0.3) is 16.9 Å². The SMILES string of the molecule is Cc1cc(-c2ccc(CS(=O)[O-])cc2)n(-c2ccc(F)cc2)c1Br. The number of hydrogen-bond donors (Lipinski definition) is 0. The number of benzene rings is 2. The molecule has 0 aliphatic heterocycles. The van der Waals surface area contributed by atoms with Gasteiger partial charge in [-0.3, -0.25) is 4.21 Å². The van der Waals surface area contributed by atoms with Crippen LogP contribution in [0.5, 0.6) is 0 Å². The maximum absolute atomic E-state index is 13.2. The summed E-state index contributed by atoms with van der Waals surface area (Å²) in [5.74, 6) is -0.280. The highest BCUT2D eigenvalue weighted by atomic mass is 79.9. The molecule has 3 rings (SSSR count). The molecule has 1 aromatic heterocycles. The maximum atomic E-state index is 13.2. The summed E-state index contributed by atoms with van der Waals surface area (Å²) < 4.78 is 37.7. The molecule has 0 saturated carbocycles. The van der Waals surface area contributed by atoms with Crippen LogP contribution in [-0.2, 0) is 16.8 Å². The summed E-state index contributed by atoms with van der Waals surface area (Å²) in [6.07, 6.45) is 0. The van der Waals surface area contributed by atoms with Gasteiger partial charge in [0, 0.05) is 11.4 Å². The van der Waals surface area contributed by atoms with Gasteiger partial charge in [0.25, 0.3) is 0 Å². The number of hydrogen-bond acceptors (Lipinski definition) is 2. The van der Waals surface area contributed by atoms with Crippen molar-refractivity contribution in [1.82, 2.24) is 4.57 Å². The molecular formula is C18H14BrFNO2S-. The fourth-order valence-electron chi connectivity index (χ4n) is 2.57. The maximum Gasteiger partial charge on any atom is 0.123 e. The molecule has 3 nitrogen and oxygen atoms in total. The molecule has 24 heavy (non-hydrogen) atoms. The monoisotopic (exact) mass is 406 g/mol. The zero-order chi connectivity index (χ0) is 17.3. The fourth-order valence-corrected chi connectivity index (χ4v) is 3.55. The lowest BCUT2D eigenvalue weighted by Crippen LogP contribution is -1.98. The predicted molar refractivity (Wildman–Crippen MR) is 96.2 cm³/mol. The van der Waals surface area contributed by atoms with E-state index in [2.05, 4.69) is 15.9 Å². The first-order valence-corrected chi connectivity index (χ1v) is 9.28. The van der Waals surface area contributed by atoms with E-state index in [1.54, 1.807) is 24.3 Å². The Balaban J connectivity index is 2.06. The fraction of sp³-hybridized carbons (Fsp3) is 0.111. The molecule has 6 heteroatoms. The summed E-state index contributed by atoms with van der Waals surface area (Å²) >= 11 is 1.49. The smallest absolute Gasteiger partial charge is 0.123 e. The first-order valence-electron chi connectivity index (χ1n) is 7.24. The number of aromatic nitrogens is 1. The molecule has 0 amide bonds. The lowest BCUT2D eigenvalue weighted by Gasteiger charge is -2.12. The van der Waals surface area contributed by atoms with Crippen molar-refractivity contribution in [2.75, 3.05) is 0 Å². The molecule has 1 unspecified atom stereocenters. The third-order valence-corrected chi connectivity index (χ3v) is 5.28. The van der Waals surface area contributed by atoms with Crippen LogP contribution in [-0.4, -0.2) is 13.3 Å². The van der Waals surface area contributed by atoms with Crippen LogP contribution < -0.4 is 0 Å². The molecule has 0 fully saturated rings. The van der Waals surface area contributed by atoms with Crippen molar-refractivity contribution in [2.24, 2.45) is 0 Å². The summed E-state index contributed by atoms with van der Waals surface area (Å²) in [5.41, 5.74) is 4.53. The Bertz CT molecular complexity index is 889. The van der Waals surface area contributed by atoms with E-state index in [9.17, 15) is 13.2 Å². The average Bonchev–Trinajstić information content (AvgIpc) is 2.84. The molecule has 0 spiro atoms. The number of nitrogens with zero attached hydrogens (tertiary/aromatic N) is 1. The van der Waals surface area contributed by atoms with E-state index in [0.29, 0.717) is 0 Å². The second kappa shape index (κ2) is 7.01. The van der Waals surface area contributed by atoms with E-state index >= 15 is 0 Å². The van der Waals surface area contributed by atoms with E-state index in [1.165, 1.54) is 12.1 Å². The molecule has 3 aromatic rings. The highest BCUT2D eigenvalue weighted by Gasteiger charge is 2.14. The Morgan fingerprint density at radius 2 is 1.75 bits per heavy atom. The van der Waals surface area contributed by atoms with Crippen LogP contribution >= 0.6 is 15.9 Å². The van der Waals surface area contributed by atoms with Gasteiger partial charge in [-0.05, 0) is 69.9 Å². The molecule has 1 heterocycles. The minimum absolute atomic E-state index is 0.00196. The van der Waals surface area contributed by atoms with Gasteiger partial charge in [-0.2, -0.15) is 0 Å². The molecule has 0 bridgehead atoms. The molecular weight excluding hydrogens is 393 g/mol. The lowest BCUT2D eigenvalue weighted by molar-refractivity contribution is 0.536. The Labute approximate surface area is 150 Å². The van der Waals surface area contributed by atoms with Gasteiger partial charge in [-0.15, -0.1) is 0 Å². The van der Waals surface area contributed by atoms with Crippen LogP contribution in [0.1, 0.15) is 11.1 Å². The van der Waals surface area contributed by atoms with E-state index in [4.69, 9.17) is 0 Å². The Morgan fingerprint density at radius 3 is 2.33 bits per heavy atom. The summed E-state index contributed by atoms with van der Waals surface area (Å²) in [7, 11) is 0. The van der Waals surface area contributed by atoms with Crippen LogP contribution in [0.2, 0.25) is 0 Å². The van der Waals surface area contributed by atoms with Crippen molar-refractivity contribution in [3.05, 3.63) is 76.1 Å². The Kier molecular flexibility index (Phi) is 4.99. The normalized spacial score (nSPS) is 12.3. The summed E-state index contributed by atoms with van der Waals surface area (Å²) in [6, 6.07) is 15.7. The lowest BCUT2D eigenvalue weighted by atomic mass is 10.1. The van der Waals surface area contributed by atoms with Crippen LogP contribution in [0.3, 0.4) is 0 Å². The van der Waals surface area contributed by atoms with Gasteiger partial charge in [0.15, 0.2) is 0 Å². The van der Waals surface area contributed by atoms with E-state index in [-0.39, 0.29) is 11.6 Å². The first-order chi connectivity index (χ1) is 11.5. The van der Waals surface area contributed by atoms with E-state index < -0.39 is 11.1 Å². The second-order valence-electron chi connectivity index (χ2n) is 5.46. The minimum Gasteiger partial charge on any atom is -0.772 e. The highest BCUT2D eigenvalue weighted by Crippen LogP contribution is 2.32. The third kappa shape index (κ3) is 3.50. The minimum atomic E-state index is -2.10. The quantitative estimate of drug-likeness (QED) is 0.587. The number of rotatable bonds is 4. The summed E-state index contributed by atoms with van der Waals surface area (Å²) in [6.45, 7) is 1.99. The van der Waals surface area contributed by atoms with Crippen LogP contribution in [0.15, 0.2) is 59.2 Å². The Hall–Kier alpha value is -1.76. The molecule has 0 aliphatic carbocycles. The van der Waals surface area contributed by atoms with Gasteiger partial charge >= 0.3 is 0 Å². The molecule has 1 atom stereocenters. The van der Waals surface area contributed by atoms with E-state index in [0.717, 1.165) is 32.7 Å². The standard InChI is InChI=1S/C18H15BrFNO2S/c1-12-10-17(14-4-2-13(3-5-14)11-24(22)23)21(18(12)19)16-8-6-15(20)7-9-16/h2-10H,11H2,1H3,(H,22,23)/p-1.